The summed E-state index contributed by atoms with van der Waals surface area (Å²) in [6, 6.07) is 7.65. The lowest BCUT2D eigenvalue weighted by atomic mass is 9.57. The second-order valence-electron chi connectivity index (χ2n) is 14.9. The summed E-state index contributed by atoms with van der Waals surface area (Å²) in [5.41, 5.74) is -3.11. The van der Waals surface area contributed by atoms with E-state index in [0.29, 0.717) is 6.54 Å². The normalized spacial score (nSPS) is 14.2. The van der Waals surface area contributed by atoms with Gasteiger partial charge in [-0.05, 0) is 64.4 Å². The van der Waals surface area contributed by atoms with Crippen molar-refractivity contribution in [1.82, 2.24) is 16.0 Å². The summed E-state index contributed by atoms with van der Waals surface area (Å²) >= 11 is 3.23. The highest BCUT2D eigenvalue weighted by Gasteiger charge is 2.55. The molecule has 0 radical (unpaired) electrons. The fourth-order valence-corrected chi connectivity index (χ4v) is 6.41. The molecule has 0 fully saturated rings. The molecule has 0 aliphatic rings. The number of nitrogens with one attached hydrogen (secondary N) is 3. The van der Waals surface area contributed by atoms with Crippen LogP contribution in [0.25, 0.3) is 0 Å². The Morgan fingerprint density at radius 1 is 0.818 bits per heavy atom. The van der Waals surface area contributed by atoms with Crippen LogP contribution in [0, 0.1) is 16.2 Å². The van der Waals surface area contributed by atoms with Crippen LogP contribution in [0.1, 0.15) is 92.6 Å². The maximum Gasteiger partial charge on any atom is 0.408 e. The standard InChI is InChI=1S/C38H58BrN3O13/c1-8-9-17-40-28(44)16-15-27(42-34(51)55-23-26-13-11-10-12-14-26)30(46)41-22-29(45)52-20-21-54-33(50)37(6,24-35(2,3)32(49)53-19-18-43)36(4,5)25-38(7,39)31(47)48/h10-14,27,43H,8-9,15-25H2,1-7H3,(H,40,44)(H,41,46)(H,42,51)(H,47,48)/t27-,37?,38?/m0/s1. The number of benzene rings is 1. The van der Waals surface area contributed by atoms with Crippen LogP contribution >= 0.6 is 15.9 Å². The van der Waals surface area contributed by atoms with E-state index in [1.807, 2.05) is 13.0 Å². The first kappa shape index (κ1) is 48.8. The third-order valence-corrected chi connectivity index (χ3v) is 9.78. The summed E-state index contributed by atoms with van der Waals surface area (Å²) in [4.78, 5) is 89.0. The van der Waals surface area contributed by atoms with Crippen LogP contribution in [0.3, 0.4) is 0 Å². The Hall–Kier alpha value is -4.25. The first-order valence-corrected chi connectivity index (χ1v) is 19.0. The van der Waals surface area contributed by atoms with Crippen molar-refractivity contribution in [3.05, 3.63) is 35.9 Å². The van der Waals surface area contributed by atoms with Gasteiger partial charge in [0.25, 0.3) is 0 Å². The van der Waals surface area contributed by atoms with E-state index < -0.39 is 88.9 Å². The quantitative estimate of drug-likeness (QED) is 0.0409. The largest absolute Gasteiger partial charge is 0.480 e. The van der Waals surface area contributed by atoms with Gasteiger partial charge in [-0.2, -0.15) is 0 Å². The van der Waals surface area contributed by atoms with E-state index in [4.69, 9.17) is 24.1 Å². The minimum Gasteiger partial charge on any atom is -0.480 e. The van der Waals surface area contributed by atoms with Gasteiger partial charge < -0.3 is 45.1 Å². The first-order chi connectivity index (χ1) is 25.6. The lowest BCUT2D eigenvalue weighted by molar-refractivity contribution is -0.174. The molecule has 1 aromatic carbocycles. The molecule has 0 saturated carbocycles. The maximum absolute atomic E-state index is 13.8. The Balaban J connectivity index is 2.91. The molecule has 310 valence electrons. The summed E-state index contributed by atoms with van der Waals surface area (Å²) in [5.74, 6) is -4.59. The number of hydrogen-bond donors (Lipinski definition) is 5. The number of aliphatic hydroxyl groups excluding tert-OH is 1. The van der Waals surface area contributed by atoms with Crippen molar-refractivity contribution in [2.45, 2.75) is 104 Å². The van der Waals surface area contributed by atoms with Crippen molar-refractivity contribution >= 4 is 57.7 Å². The second-order valence-corrected chi connectivity index (χ2v) is 16.6. The number of alkyl carbamates (subject to hydrolysis) is 1. The molecule has 0 saturated heterocycles. The molecular weight excluding hydrogens is 786 g/mol. The lowest BCUT2D eigenvalue weighted by Gasteiger charge is -2.47. The van der Waals surface area contributed by atoms with Gasteiger partial charge in [0.2, 0.25) is 11.8 Å². The predicted molar refractivity (Wildman–Crippen MR) is 204 cm³/mol. The molecule has 0 bridgehead atoms. The summed E-state index contributed by atoms with van der Waals surface area (Å²) in [6.07, 6.45) is 0.415. The second kappa shape index (κ2) is 23.0. The molecule has 55 heavy (non-hydrogen) atoms. The van der Waals surface area contributed by atoms with Crippen LogP contribution < -0.4 is 16.0 Å². The number of halogens is 1. The molecule has 1 aromatic rings. The van der Waals surface area contributed by atoms with E-state index in [0.717, 1.165) is 18.4 Å². The number of rotatable bonds is 25. The highest BCUT2D eigenvalue weighted by atomic mass is 79.9. The van der Waals surface area contributed by atoms with Gasteiger partial charge in [-0.3, -0.25) is 28.8 Å². The Labute approximate surface area is 331 Å². The van der Waals surface area contributed by atoms with Crippen LogP contribution in [0.5, 0.6) is 0 Å². The van der Waals surface area contributed by atoms with Crippen LogP contribution in [-0.2, 0) is 54.3 Å². The Morgan fingerprint density at radius 2 is 1.44 bits per heavy atom. The monoisotopic (exact) mass is 843 g/mol. The van der Waals surface area contributed by atoms with Crippen LogP contribution in [0.2, 0.25) is 0 Å². The number of aliphatic carboxylic acids is 1. The molecule has 0 heterocycles. The van der Waals surface area contributed by atoms with E-state index in [2.05, 4.69) is 31.9 Å². The summed E-state index contributed by atoms with van der Waals surface area (Å²) in [7, 11) is 0. The van der Waals surface area contributed by atoms with Crippen molar-refractivity contribution in [2.24, 2.45) is 16.2 Å². The summed E-state index contributed by atoms with van der Waals surface area (Å²) in [6.45, 7) is 9.81. The molecule has 0 aliphatic heterocycles. The number of hydrogen-bond acceptors (Lipinski definition) is 12. The SMILES string of the molecule is CCCCNC(=O)CC[C@H](NC(=O)OCc1ccccc1)C(=O)NCC(=O)OCCOC(=O)C(C)(CC(C)(C)C(=O)OCCO)C(C)(C)CC(C)(Br)C(=O)O. The zero-order valence-electron chi connectivity index (χ0n) is 32.9. The van der Waals surface area contributed by atoms with Crippen molar-refractivity contribution in [1.29, 1.82) is 0 Å². The van der Waals surface area contributed by atoms with Crippen molar-refractivity contribution in [3.8, 4) is 0 Å². The van der Waals surface area contributed by atoms with E-state index in [-0.39, 0.29) is 44.8 Å². The van der Waals surface area contributed by atoms with Gasteiger partial charge in [-0.15, -0.1) is 0 Å². The Kier molecular flexibility index (Phi) is 20.4. The van der Waals surface area contributed by atoms with Gasteiger partial charge in [-0.1, -0.05) is 73.5 Å². The lowest BCUT2D eigenvalue weighted by Crippen LogP contribution is -2.51. The minimum atomic E-state index is -1.48. The summed E-state index contributed by atoms with van der Waals surface area (Å²) < 4.78 is 19.6. The number of esters is 3. The molecule has 0 aliphatic carbocycles. The zero-order valence-corrected chi connectivity index (χ0v) is 34.5. The number of alkyl halides is 1. The van der Waals surface area contributed by atoms with E-state index in [9.17, 15) is 38.7 Å². The molecule has 0 spiro atoms. The average molecular weight is 845 g/mol. The molecule has 17 heteroatoms. The third kappa shape index (κ3) is 17.0. The minimum absolute atomic E-state index is 0.0541. The smallest absolute Gasteiger partial charge is 0.408 e. The van der Waals surface area contributed by atoms with Gasteiger partial charge >= 0.3 is 30.0 Å². The van der Waals surface area contributed by atoms with E-state index in [1.54, 1.807) is 58.9 Å². The van der Waals surface area contributed by atoms with E-state index >= 15 is 0 Å². The third-order valence-electron chi connectivity index (χ3n) is 9.16. The molecule has 0 aromatic heterocycles. The number of aliphatic hydroxyl groups is 1. The number of carbonyl (C=O) groups excluding carboxylic acids is 6. The van der Waals surface area contributed by atoms with E-state index in [1.165, 1.54) is 6.92 Å². The number of carbonyl (C=O) groups is 7. The maximum atomic E-state index is 13.8. The molecule has 16 nitrogen and oxygen atoms in total. The van der Waals surface area contributed by atoms with Gasteiger partial charge in [0.15, 0.2) is 0 Å². The number of amides is 3. The number of carboxylic acids is 1. The first-order valence-electron chi connectivity index (χ1n) is 18.2. The van der Waals surface area contributed by atoms with Gasteiger partial charge in [-0.25, -0.2) is 4.79 Å². The zero-order chi connectivity index (χ0) is 41.9. The molecule has 3 amide bonds. The fourth-order valence-electron chi connectivity index (χ4n) is 5.71. The fraction of sp³-hybridized carbons (Fsp3) is 0.658. The highest BCUT2D eigenvalue weighted by molar-refractivity contribution is 9.10. The van der Waals surface area contributed by atoms with Crippen LogP contribution in [0.15, 0.2) is 30.3 Å². The van der Waals surface area contributed by atoms with Crippen LogP contribution in [0.4, 0.5) is 4.79 Å². The van der Waals surface area contributed by atoms with Gasteiger partial charge in [0, 0.05) is 13.0 Å². The van der Waals surface area contributed by atoms with Crippen LogP contribution in [-0.4, -0.2) is 102 Å². The highest BCUT2D eigenvalue weighted by Crippen LogP contribution is 2.53. The Morgan fingerprint density at radius 3 is 2.04 bits per heavy atom. The molecule has 1 rings (SSSR count). The average Bonchev–Trinajstić information content (AvgIpc) is 3.11. The van der Waals surface area contributed by atoms with Crippen molar-refractivity contribution in [2.75, 3.05) is 39.5 Å². The molecular formula is C38H58BrN3O13. The molecule has 5 N–H and O–H groups in total. The Bertz CT molecular complexity index is 1450. The number of carboxylic acid groups (broad SMARTS) is 1. The van der Waals surface area contributed by atoms with Crippen molar-refractivity contribution in [3.63, 3.8) is 0 Å². The molecule has 3 atom stereocenters. The van der Waals surface area contributed by atoms with Gasteiger partial charge in [0.1, 0.15) is 43.3 Å². The topological polar surface area (TPSA) is 233 Å². The number of unbranched alkanes of at least 4 members (excludes halogenated alkanes) is 1. The summed E-state index contributed by atoms with van der Waals surface area (Å²) in [5, 5.41) is 26.4. The van der Waals surface area contributed by atoms with Gasteiger partial charge in [0.05, 0.1) is 17.4 Å². The number of ether oxygens (including phenoxy) is 4. The van der Waals surface area contributed by atoms with Crippen molar-refractivity contribution < 1.29 is 62.7 Å². The predicted octanol–water partition coefficient (Wildman–Crippen LogP) is 3.79. The molecule has 2 unspecified atom stereocenters.